The van der Waals surface area contributed by atoms with E-state index in [1.165, 1.54) is 17.1 Å². The fraction of sp³-hybridized carbons (Fsp3) is 0.458. The van der Waals surface area contributed by atoms with Gasteiger partial charge in [-0.25, -0.2) is 8.42 Å². The number of hydrogen-bond acceptors (Lipinski definition) is 4. The largest absolute Gasteiger partial charge is 0.378 e. The molecule has 0 aromatic heterocycles. The molecule has 1 fully saturated rings. The number of nitrogens with one attached hydrogen (secondary N) is 1. The molecule has 0 bridgehead atoms. The van der Waals surface area contributed by atoms with Gasteiger partial charge in [0.25, 0.3) is 10.0 Å². The fourth-order valence-corrected chi connectivity index (χ4v) is 5.08. The molecule has 0 saturated heterocycles. The first kappa shape index (κ1) is 23.3. The van der Waals surface area contributed by atoms with E-state index in [-0.39, 0.29) is 17.3 Å². The second kappa shape index (κ2) is 10.8. The lowest BCUT2D eigenvalue weighted by molar-refractivity contribution is -0.119. The van der Waals surface area contributed by atoms with Crippen LogP contribution in [0.1, 0.15) is 43.2 Å². The van der Waals surface area contributed by atoms with Gasteiger partial charge in [-0.05, 0) is 57.4 Å². The first-order chi connectivity index (χ1) is 14.9. The minimum atomic E-state index is -3.88. The van der Waals surface area contributed by atoms with Crippen LogP contribution < -0.4 is 9.62 Å². The minimum absolute atomic E-state index is 0.163. The number of ether oxygens (including phenoxy) is 1. The van der Waals surface area contributed by atoms with Crippen molar-refractivity contribution in [2.75, 3.05) is 24.0 Å². The molecule has 31 heavy (non-hydrogen) atoms. The molecule has 0 unspecified atom stereocenters. The number of benzene rings is 2. The molecule has 6 nitrogen and oxygen atoms in total. The SMILES string of the molecule is Cc1ccc(N(CC(=O)NCCCOC2CCCC2)S(=O)(=O)c2ccc(C)cc2)cc1. The maximum absolute atomic E-state index is 13.3. The van der Waals surface area contributed by atoms with E-state index in [1.54, 1.807) is 36.4 Å². The van der Waals surface area contributed by atoms with Gasteiger partial charge in [0.1, 0.15) is 6.54 Å². The summed E-state index contributed by atoms with van der Waals surface area (Å²) < 4.78 is 33.6. The Morgan fingerprint density at radius 2 is 1.58 bits per heavy atom. The summed E-state index contributed by atoms with van der Waals surface area (Å²) in [5.41, 5.74) is 2.45. The standard InChI is InChI=1S/C24H32N2O4S/c1-19-8-12-21(13-9-19)26(31(28,29)23-14-10-20(2)11-15-23)18-24(27)25-16-5-17-30-22-6-3-4-7-22/h8-15,22H,3-7,16-18H2,1-2H3,(H,25,27). The molecule has 1 saturated carbocycles. The molecule has 0 radical (unpaired) electrons. The van der Waals surface area contributed by atoms with Gasteiger partial charge in [-0.15, -0.1) is 0 Å². The van der Waals surface area contributed by atoms with Crippen molar-refractivity contribution in [1.82, 2.24) is 5.32 Å². The third kappa shape index (κ3) is 6.55. The molecule has 7 heteroatoms. The second-order valence-corrected chi connectivity index (χ2v) is 10.0. The number of carbonyl (C=O) groups is 1. The van der Waals surface area contributed by atoms with Crippen LogP contribution in [0.4, 0.5) is 5.69 Å². The molecule has 1 N–H and O–H groups in total. The maximum atomic E-state index is 13.3. The summed E-state index contributed by atoms with van der Waals surface area (Å²) >= 11 is 0. The zero-order valence-corrected chi connectivity index (χ0v) is 19.2. The summed E-state index contributed by atoms with van der Waals surface area (Å²) in [5, 5.41) is 2.83. The van der Waals surface area contributed by atoms with E-state index in [2.05, 4.69) is 5.32 Å². The monoisotopic (exact) mass is 444 g/mol. The van der Waals surface area contributed by atoms with E-state index in [1.807, 2.05) is 26.0 Å². The Balaban J connectivity index is 1.64. The van der Waals surface area contributed by atoms with E-state index < -0.39 is 10.0 Å². The molecule has 168 valence electrons. The lowest BCUT2D eigenvalue weighted by atomic mass is 10.2. The Labute approximate surface area is 185 Å². The summed E-state index contributed by atoms with van der Waals surface area (Å²) in [6.07, 6.45) is 5.76. The molecule has 0 aliphatic heterocycles. The Bertz CT molecular complexity index is 950. The third-order valence-electron chi connectivity index (χ3n) is 5.52. The van der Waals surface area contributed by atoms with E-state index in [4.69, 9.17) is 4.74 Å². The highest BCUT2D eigenvalue weighted by atomic mass is 32.2. The van der Waals surface area contributed by atoms with E-state index >= 15 is 0 Å². The highest BCUT2D eigenvalue weighted by molar-refractivity contribution is 7.92. The number of nitrogens with zero attached hydrogens (tertiary/aromatic N) is 1. The Kier molecular flexibility index (Phi) is 8.09. The smallest absolute Gasteiger partial charge is 0.264 e. The van der Waals surface area contributed by atoms with Gasteiger partial charge in [-0.3, -0.25) is 9.10 Å². The predicted molar refractivity (Wildman–Crippen MR) is 123 cm³/mol. The van der Waals surface area contributed by atoms with Gasteiger partial charge in [0.05, 0.1) is 16.7 Å². The molecule has 3 rings (SSSR count). The number of sulfonamides is 1. The first-order valence-electron chi connectivity index (χ1n) is 10.9. The van der Waals surface area contributed by atoms with Crippen LogP contribution in [-0.4, -0.2) is 40.1 Å². The quantitative estimate of drug-likeness (QED) is 0.563. The molecule has 0 heterocycles. The number of rotatable bonds is 10. The van der Waals surface area contributed by atoms with Crippen molar-refractivity contribution < 1.29 is 17.9 Å². The molecular formula is C24H32N2O4S. The molecule has 0 atom stereocenters. The van der Waals surface area contributed by atoms with Crippen LogP contribution >= 0.6 is 0 Å². The molecule has 1 aliphatic carbocycles. The van der Waals surface area contributed by atoms with Crippen molar-refractivity contribution in [3.05, 3.63) is 59.7 Å². The summed E-state index contributed by atoms with van der Waals surface area (Å²) in [7, 11) is -3.88. The number of hydrogen-bond donors (Lipinski definition) is 1. The summed E-state index contributed by atoms with van der Waals surface area (Å²) in [4.78, 5) is 12.8. The second-order valence-electron chi connectivity index (χ2n) is 8.14. The summed E-state index contributed by atoms with van der Waals surface area (Å²) in [5.74, 6) is -0.336. The predicted octanol–water partition coefficient (Wildman–Crippen LogP) is 3.96. The summed E-state index contributed by atoms with van der Waals surface area (Å²) in [6.45, 7) is 4.62. The van der Waals surface area contributed by atoms with Gasteiger partial charge in [0.2, 0.25) is 5.91 Å². The highest BCUT2D eigenvalue weighted by Crippen LogP contribution is 2.24. The van der Waals surface area contributed by atoms with Crippen LogP contribution in [0.25, 0.3) is 0 Å². The van der Waals surface area contributed by atoms with Gasteiger partial charge < -0.3 is 10.1 Å². The van der Waals surface area contributed by atoms with Crippen molar-refractivity contribution in [3.8, 4) is 0 Å². The van der Waals surface area contributed by atoms with Crippen molar-refractivity contribution in [2.45, 2.75) is 57.0 Å². The van der Waals surface area contributed by atoms with E-state index in [9.17, 15) is 13.2 Å². The van der Waals surface area contributed by atoms with E-state index in [0.29, 0.717) is 31.4 Å². The molecule has 2 aromatic carbocycles. The number of anilines is 1. The van der Waals surface area contributed by atoms with Crippen LogP contribution in [0.2, 0.25) is 0 Å². The fourth-order valence-electron chi connectivity index (χ4n) is 3.65. The lowest BCUT2D eigenvalue weighted by Gasteiger charge is -2.24. The van der Waals surface area contributed by atoms with Crippen LogP contribution in [0, 0.1) is 13.8 Å². The van der Waals surface area contributed by atoms with Crippen molar-refractivity contribution >= 4 is 21.6 Å². The van der Waals surface area contributed by atoms with Gasteiger partial charge >= 0.3 is 0 Å². The molecule has 1 amide bonds. The van der Waals surface area contributed by atoms with Crippen LogP contribution in [0.15, 0.2) is 53.4 Å². The minimum Gasteiger partial charge on any atom is -0.378 e. The van der Waals surface area contributed by atoms with Crippen molar-refractivity contribution in [3.63, 3.8) is 0 Å². The van der Waals surface area contributed by atoms with E-state index in [0.717, 1.165) is 24.0 Å². The van der Waals surface area contributed by atoms with Crippen molar-refractivity contribution in [1.29, 1.82) is 0 Å². The average molecular weight is 445 g/mol. The lowest BCUT2D eigenvalue weighted by Crippen LogP contribution is -2.41. The summed E-state index contributed by atoms with van der Waals surface area (Å²) in [6, 6.07) is 13.8. The van der Waals surface area contributed by atoms with Gasteiger partial charge in [-0.1, -0.05) is 48.2 Å². The normalized spacial score (nSPS) is 14.5. The Hall–Kier alpha value is -2.38. The number of carbonyl (C=O) groups excluding carboxylic acids is 1. The number of aryl methyl sites for hydroxylation is 2. The topological polar surface area (TPSA) is 75.7 Å². The zero-order chi connectivity index (χ0) is 22.3. The third-order valence-corrected chi connectivity index (χ3v) is 7.31. The van der Waals surface area contributed by atoms with Crippen molar-refractivity contribution in [2.24, 2.45) is 0 Å². The van der Waals surface area contributed by atoms with Gasteiger partial charge in [0, 0.05) is 13.2 Å². The van der Waals surface area contributed by atoms with Gasteiger partial charge in [-0.2, -0.15) is 0 Å². The zero-order valence-electron chi connectivity index (χ0n) is 18.3. The molecular weight excluding hydrogens is 412 g/mol. The first-order valence-corrected chi connectivity index (χ1v) is 12.3. The maximum Gasteiger partial charge on any atom is 0.264 e. The van der Waals surface area contributed by atoms with Crippen LogP contribution in [-0.2, 0) is 19.6 Å². The number of amides is 1. The molecule has 0 spiro atoms. The average Bonchev–Trinajstić information content (AvgIpc) is 3.26. The molecule has 2 aromatic rings. The highest BCUT2D eigenvalue weighted by Gasteiger charge is 2.27. The van der Waals surface area contributed by atoms with Crippen LogP contribution in [0.3, 0.4) is 0 Å². The van der Waals surface area contributed by atoms with Gasteiger partial charge in [0.15, 0.2) is 0 Å². The van der Waals surface area contributed by atoms with Crippen LogP contribution in [0.5, 0.6) is 0 Å². The Morgan fingerprint density at radius 1 is 1.00 bits per heavy atom. The Morgan fingerprint density at radius 3 is 2.19 bits per heavy atom. The molecule has 1 aliphatic rings.